The standard InChI is InChI=1S/C13H18N4O4S/c1-8(15-2)6-16-12(18)7-22-11-4-3-9(13(14)19)5-10(11)17(20)21/h3-5,8,15H,6-7H2,1-2H3,(H2,14,19)(H,16,18). The lowest BCUT2D eigenvalue weighted by atomic mass is 10.2. The van der Waals surface area contributed by atoms with Gasteiger partial charge in [-0.15, -0.1) is 11.8 Å². The van der Waals surface area contributed by atoms with E-state index in [1.54, 1.807) is 7.05 Å². The van der Waals surface area contributed by atoms with Crippen molar-refractivity contribution in [2.24, 2.45) is 5.73 Å². The van der Waals surface area contributed by atoms with Crippen LogP contribution in [0.1, 0.15) is 17.3 Å². The summed E-state index contributed by atoms with van der Waals surface area (Å²) in [6.07, 6.45) is 0. The number of nitrogens with zero attached hydrogens (tertiary/aromatic N) is 1. The first kappa shape index (κ1) is 17.9. The predicted octanol–water partition coefficient (Wildman–Crippen LogP) is 0.510. The number of primary amides is 1. The monoisotopic (exact) mass is 326 g/mol. The van der Waals surface area contributed by atoms with Crippen LogP contribution in [0.5, 0.6) is 0 Å². The van der Waals surface area contributed by atoms with Gasteiger partial charge in [-0.2, -0.15) is 0 Å². The van der Waals surface area contributed by atoms with Gasteiger partial charge >= 0.3 is 0 Å². The second-order valence-corrected chi connectivity index (χ2v) is 5.60. The lowest BCUT2D eigenvalue weighted by Gasteiger charge is -2.11. The largest absolute Gasteiger partial charge is 0.366 e. The summed E-state index contributed by atoms with van der Waals surface area (Å²) in [6, 6.07) is 4.08. The number of nitrogens with one attached hydrogen (secondary N) is 2. The Hall–Kier alpha value is -2.13. The van der Waals surface area contributed by atoms with E-state index >= 15 is 0 Å². The van der Waals surface area contributed by atoms with Crippen molar-refractivity contribution in [3.05, 3.63) is 33.9 Å². The number of carbonyl (C=O) groups is 2. The van der Waals surface area contributed by atoms with Crippen LogP contribution in [0.2, 0.25) is 0 Å². The Bertz CT molecular complexity index is 579. The van der Waals surface area contributed by atoms with Crippen LogP contribution in [0.4, 0.5) is 5.69 Å². The quantitative estimate of drug-likeness (QED) is 0.363. The van der Waals surface area contributed by atoms with Crippen LogP contribution in [0.15, 0.2) is 23.1 Å². The number of hydrogen-bond donors (Lipinski definition) is 3. The summed E-state index contributed by atoms with van der Waals surface area (Å²) in [5, 5.41) is 16.7. The fourth-order valence-electron chi connectivity index (χ4n) is 1.50. The van der Waals surface area contributed by atoms with E-state index < -0.39 is 10.8 Å². The average molecular weight is 326 g/mol. The van der Waals surface area contributed by atoms with E-state index in [-0.39, 0.29) is 29.0 Å². The van der Waals surface area contributed by atoms with Crippen molar-refractivity contribution in [3.63, 3.8) is 0 Å². The predicted molar refractivity (Wildman–Crippen MR) is 83.9 cm³/mol. The summed E-state index contributed by atoms with van der Waals surface area (Å²) in [4.78, 5) is 33.5. The Kier molecular flexibility index (Phi) is 6.80. The highest BCUT2D eigenvalue weighted by molar-refractivity contribution is 8.00. The molecule has 1 unspecified atom stereocenters. The van der Waals surface area contributed by atoms with Crippen molar-refractivity contribution in [3.8, 4) is 0 Å². The third-order valence-electron chi connectivity index (χ3n) is 2.90. The molecule has 0 aliphatic heterocycles. The van der Waals surface area contributed by atoms with Gasteiger partial charge < -0.3 is 16.4 Å². The number of nitro benzene ring substituents is 1. The van der Waals surface area contributed by atoms with Crippen LogP contribution in [-0.4, -0.2) is 42.1 Å². The fourth-order valence-corrected chi connectivity index (χ4v) is 2.33. The number of thioether (sulfide) groups is 1. The summed E-state index contributed by atoms with van der Waals surface area (Å²) in [6.45, 7) is 2.39. The Morgan fingerprint density at radius 2 is 2.14 bits per heavy atom. The molecule has 9 heteroatoms. The van der Waals surface area contributed by atoms with Crippen molar-refractivity contribution >= 4 is 29.3 Å². The number of likely N-dealkylation sites (N-methyl/N-ethyl adjacent to an activating group) is 1. The van der Waals surface area contributed by atoms with Crippen LogP contribution in [0, 0.1) is 10.1 Å². The fraction of sp³-hybridized carbons (Fsp3) is 0.385. The number of rotatable bonds is 8. The average Bonchev–Trinajstić information content (AvgIpc) is 2.49. The third-order valence-corrected chi connectivity index (χ3v) is 3.96. The zero-order valence-corrected chi connectivity index (χ0v) is 13.1. The molecule has 4 N–H and O–H groups in total. The molecular formula is C13H18N4O4S. The highest BCUT2D eigenvalue weighted by Crippen LogP contribution is 2.29. The molecule has 0 aromatic heterocycles. The van der Waals surface area contributed by atoms with Crippen molar-refractivity contribution < 1.29 is 14.5 Å². The highest BCUT2D eigenvalue weighted by atomic mass is 32.2. The minimum absolute atomic E-state index is 0.0488. The molecular weight excluding hydrogens is 308 g/mol. The molecule has 1 rings (SSSR count). The molecule has 2 amide bonds. The SMILES string of the molecule is CNC(C)CNC(=O)CSc1ccc(C(N)=O)cc1[N+](=O)[O-]. The van der Waals surface area contributed by atoms with Gasteiger partial charge in [-0.3, -0.25) is 19.7 Å². The molecule has 0 saturated carbocycles. The maximum Gasteiger partial charge on any atom is 0.283 e. The van der Waals surface area contributed by atoms with Gasteiger partial charge in [-0.1, -0.05) is 0 Å². The summed E-state index contributed by atoms with van der Waals surface area (Å²) >= 11 is 1.04. The summed E-state index contributed by atoms with van der Waals surface area (Å²) < 4.78 is 0. The minimum atomic E-state index is -0.738. The minimum Gasteiger partial charge on any atom is -0.366 e. The summed E-state index contributed by atoms with van der Waals surface area (Å²) in [7, 11) is 1.79. The van der Waals surface area contributed by atoms with E-state index in [1.165, 1.54) is 12.1 Å². The smallest absolute Gasteiger partial charge is 0.283 e. The molecule has 0 aliphatic carbocycles. The normalized spacial score (nSPS) is 11.7. The second-order valence-electron chi connectivity index (χ2n) is 4.59. The first-order valence-electron chi connectivity index (χ1n) is 6.50. The first-order chi connectivity index (χ1) is 10.3. The topological polar surface area (TPSA) is 127 Å². The number of hydrogen-bond acceptors (Lipinski definition) is 6. The van der Waals surface area contributed by atoms with Crippen molar-refractivity contribution in [2.75, 3.05) is 19.3 Å². The lowest BCUT2D eigenvalue weighted by molar-refractivity contribution is -0.387. The molecule has 22 heavy (non-hydrogen) atoms. The maximum absolute atomic E-state index is 11.7. The van der Waals surface area contributed by atoms with Crippen LogP contribution < -0.4 is 16.4 Å². The molecule has 0 radical (unpaired) electrons. The van der Waals surface area contributed by atoms with Crippen molar-refractivity contribution in [1.29, 1.82) is 0 Å². The van der Waals surface area contributed by atoms with Gasteiger partial charge in [0.1, 0.15) is 0 Å². The lowest BCUT2D eigenvalue weighted by Crippen LogP contribution is -2.37. The molecule has 0 saturated heterocycles. The maximum atomic E-state index is 11.7. The molecule has 1 atom stereocenters. The van der Waals surface area contributed by atoms with Crippen molar-refractivity contribution in [2.45, 2.75) is 17.9 Å². The molecule has 120 valence electrons. The summed E-state index contributed by atoms with van der Waals surface area (Å²) in [5.41, 5.74) is 4.92. The van der Waals surface area contributed by atoms with Gasteiger partial charge in [0.2, 0.25) is 11.8 Å². The van der Waals surface area contributed by atoms with Gasteiger partial charge in [0, 0.05) is 24.2 Å². The van der Waals surface area contributed by atoms with Gasteiger partial charge in [-0.25, -0.2) is 0 Å². The number of carbonyl (C=O) groups excluding carboxylic acids is 2. The van der Waals surface area contributed by atoms with E-state index in [4.69, 9.17) is 5.73 Å². The highest BCUT2D eigenvalue weighted by Gasteiger charge is 2.18. The zero-order chi connectivity index (χ0) is 16.7. The van der Waals surface area contributed by atoms with E-state index in [1.807, 2.05) is 6.92 Å². The van der Waals surface area contributed by atoms with E-state index in [0.29, 0.717) is 11.4 Å². The number of amides is 2. The van der Waals surface area contributed by atoms with Gasteiger partial charge in [0.25, 0.3) is 5.69 Å². The molecule has 0 heterocycles. The first-order valence-corrected chi connectivity index (χ1v) is 7.48. The van der Waals surface area contributed by atoms with Crippen LogP contribution >= 0.6 is 11.8 Å². The van der Waals surface area contributed by atoms with E-state index in [0.717, 1.165) is 17.8 Å². The molecule has 1 aromatic carbocycles. The third kappa shape index (κ3) is 5.34. The van der Waals surface area contributed by atoms with E-state index in [9.17, 15) is 19.7 Å². The van der Waals surface area contributed by atoms with Crippen LogP contribution in [0.3, 0.4) is 0 Å². The molecule has 0 spiro atoms. The zero-order valence-electron chi connectivity index (χ0n) is 12.3. The van der Waals surface area contributed by atoms with Crippen molar-refractivity contribution in [1.82, 2.24) is 10.6 Å². The Morgan fingerprint density at radius 1 is 1.45 bits per heavy atom. The van der Waals surface area contributed by atoms with E-state index in [2.05, 4.69) is 10.6 Å². The Labute approximate surface area is 132 Å². The molecule has 1 aromatic rings. The molecule has 0 fully saturated rings. The van der Waals surface area contributed by atoms with Gasteiger partial charge in [-0.05, 0) is 26.1 Å². The van der Waals surface area contributed by atoms with Crippen LogP contribution in [-0.2, 0) is 4.79 Å². The molecule has 0 aliphatic rings. The molecule has 8 nitrogen and oxygen atoms in total. The Balaban J connectivity index is 2.71. The van der Waals surface area contributed by atoms with Gasteiger partial charge in [0.15, 0.2) is 0 Å². The number of nitrogens with two attached hydrogens (primary N) is 1. The van der Waals surface area contributed by atoms with Gasteiger partial charge in [0.05, 0.1) is 15.6 Å². The number of benzene rings is 1. The second kappa shape index (κ2) is 8.35. The number of nitro groups is 1. The summed E-state index contributed by atoms with van der Waals surface area (Å²) in [5.74, 6) is -0.911. The molecule has 0 bridgehead atoms. The van der Waals surface area contributed by atoms with Crippen LogP contribution in [0.25, 0.3) is 0 Å². The Morgan fingerprint density at radius 3 is 2.68 bits per heavy atom.